The van der Waals surface area contributed by atoms with Crippen LogP contribution in [0.1, 0.15) is 102 Å². The van der Waals surface area contributed by atoms with Gasteiger partial charge in [0.2, 0.25) is 0 Å². The van der Waals surface area contributed by atoms with Crippen molar-refractivity contribution < 1.29 is 46.5 Å². The maximum Gasteiger partial charge on any atom is 0.123 e. The molecule has 1 fully saturated rings. The first-order valence-electron chi connectivity index (χ1n) is 27.5. The molecule has 5 aromatic carbocycles. The van der Waals surface area contributed by atoms with Crippen LogP contribution in [0.2, 0.25) is 0 Å². The Balaban J connectivity index is 0.000000237. The normalized spacial score (nSPS) is 18.4. The Labute approximate surface area is 387 Å². The SMILES string of the molecule is [2H]C([2H])([2H])c1c[c-]c(-c2ccc(C([2H])([2H])C(C)(C)C)cn2)cc1-c1ccccc1.[2H]C([2H])([2H])c1cnc(-c2[c-]ccc3c2oc2c(C([2H])([2H])[2H])cccc23)cc1-c1ccc(C([2H])([2H])C2CCCC2)cc1C([2H])([2H])[2H].[Ir]. The van der Waals surface area contributed by atoms with Gasteiger partial charge in [0.1, 0.15) is 5.58 Å². The van der Waals surface area contributed by atoms with Gasteiger partial charge in [-0.25, -0.2) is 0 Å². The first-order chi connectivity index (χ1) is 34.4. The summed E-state index contributed by atoms with van der Waals surface area (Å²) in [5.74, 6) is -0.232. The second kappa shape index (κ2) is 18.0. The molecule has 1 radical (unpaired) electrons. The Morgan fingerprint density at radius 1 is 0.678 bits per heavy atom. The van der Waals surface area contributed by atoms with E-state index in [1.54, 1.807) is 54.7 Å². The van der Waals surface area contributed by atoms with Crippen LogP contribution in [0.5, 0.6) is 0 Å². The molecule has 0 amide bonds. The number of fused-ring (bicyclic) bond motifs is 3. The molecule has 301 valence electrons. The average Bonchev–Trinajstić information content (AvgIpc) is 4.03. The van der Waals surface area contributed by atoms with E-state index >= 15 is 0 Å². The molecule has 59 heavy (non-hydrogen) atoms. The number of furan rings is 1. The molecule has 0 aliphatic heterocycles. The van der Waals surface area contributed by atoms with Gasteiger partial charge in [-0.3, -0.25) is 0 Å². The summed E-state index contributed by atoms with van der Waals surface area (Å²) in [4.78, 5) is 8.87. The van der Waals surface area contributed by atoms with E-state index in [-0.39, 0.29) is 76.2 Å². The molecule has 0 N–H and O–H groups in total. The van der Waals surface area contributed by atoms with Crippen LogP contribution >= 0.6 is 0 Å². The predicted molar refractivity (Wildman–Crippen MR) is 243 cm³/mol. The minimum absolute atomic E-state index is 0. The molecular weight excluding hydrogens is 897 g/mol. The summed E-state index contributed by atoms with van der Waals surface area (Å²) in [6.07, 6.45) is 2.74. The van der Waals surface area contributed by atoms with Crippen molar-refractivity contribution in [1.82, 2.24) is 9.97 Å². The number of aryl methyl sites for hydroxylation is 4. The molecule has 1 aliphatic carbocycles. The van der Waals surface area contributed by atoms with Gasteiger partial charge in [-0.15, -0.1) is 47.5 Å². The first-order valence-corrected chi connectivity index (χ1v) is 19.5. The van der Waals surface area contributed by atoms with Gasteiger partial charge in [0, 0.05) is 59.8 Å². The number of pyridine rings is 2. The largest absolute Gasteiger partial charge is 0.500 e. The van der Waals surface area contributed by atoms with Gasteiger partial charge in [0.05, 0.1) is 5.58 Å². The van der Waals surface area contributed by atoms with Crippen LogP contribution in [-0.4, -0.2) is 9.97 Å². The van der Waals surface area contributed by atoms with Gasteiger partial charge < -0.3 is 14.4 Å². The number of aromatic nitrogens is 2. The minimum Gasteiger partial charge on any atom is -0.500 e. The Morgan fingerprint density at radius 3 is 2.19 bits per heavy atom. The summed E-state index contributed by atoms with van der Waals surface area (Å²) in [5.41, 5.74) is 4.25. The molecule has 8 aromatic rings. The zero-order chi connectivity index (χ0) is 54.0. The van der Waals surface area contributed by atoms with Gasteiger partial charge in [-0.1, -0.05) is 155 Å². The molecule has 0 unspecified atom stereocenters. The van der Waals surface area contributed by atoms with Crippen LogP contribution in [0.4, 0.5) is 0 Å². The van der Waals surface area contributed by atoms with E-state index < -0.39 is 45.6 Å². The molecule has 4 heteroatoms. The summed E-state index contributed by atoms with van der Waals surface area (Å²) in [7, 11) is 0. The van der Waals surface area contributed by atoms with E-state index in [1.165, 1.54) is 36.5 Å². The Hall–Kier alpha value is -5.15. The average molecular weight is 967 g/mol. The Bertz CT molecular complexity index is 3330. The minimum atomic E-state index is -2.68. The quantitative estimate of drug-likeness (QED) is 0.149. The van der Waals surface area contributed by atoms with E-state index in [0.29, 0.717) is 57.1 Å². The van der Waals surface area contributed by atoms with Gasteiger partial charge in [-0.05, 0) is 101 Å². The summed E-state index contributed by atoms with van der Waals surface area (Å²) < 4.78 is 138. The van der Waals surface area contributed by atoms with Crippen LogP contribution in [0.3, 0.4) is 0 Å². The van der Waals surface area contributed by atoms with Crippen molar-refractivity contribution in [3.05, 3.63) is 167 Å². The van der Waals surface area contributed by atoms with Gasteiger partial charge in [-0.2, -0.15) is 0 Å². The molecule has 1 aliphatic rings. The first kappa shape index (κ1) is 26.1. The molecule has 0 atom stereocenters. The van der Waals surface area contributed by atoms with Crippen molar-refractivity contribution in [1.29, 1.82) is 0 Å². The Morgan fingerprint density at radius 2 is 1.44 bits per heavy atom. The van der Waals surface area contributed by atoms with Crippen LogP contribution < -0.4 is 0 Å². The van der Waals surface area contributed by atoms with Crippen molar-refractivity contribution in [3.63, 3.8) is 0 Å². The van der Waals surface area contributed by atoms with Crippen molar-refractivity contribution >= 4 is 21.9 Å². The van der Waals surface area contributed by atoms with E-state index in [9.17, 15) is 0 Å². The molecule has 0 spiro atoms. The monoisotopic (exact) mass is 967 g/mol. The molecule has 3 aromatic heterocycles. The zero-order valence-corrected chi connectivity index (χ0v) is 35.5. The molecule has 0 bridgehead atoms. The topological polar surface area (TPSA) is 38.9 Å². The number of benzene rings is 5. The van der Waals surface area contributed by atoms with E-state index in [0.717, 1.165) is 18.4 Å². The third-order valence-electron chi connectivity index (χ3n) is 10.2. The number of para-hydroxylation sites is 1. The fourth-order valence-electron chi connectivity index (χ4n) is 7.50. The van der Waals surface area contributed by atoms with Crippen molar-refractivity contribution in [3.8, 4) is 44.8 Å². The molecule has 1 saturated carbocycles. The van der Waals surface area contributed by atoms with E-state index in [1.807, 2.05) is 51.1 Å². The smallest absolute Gasteiger partial charge is 0.123 e. The standard InChI is InChI=1S/C32H30NO.C23H24N.Ir/c1-20-8-6-11-26-27-12-7-13-28(32(27)34-31(20)26)30-18-29(22(3)19-33-30)25-15-14-24(16-21(25)2)17-23-9-4-5-10-23;1-17-10-12-20(14-21(17)19-8-6-5-7-9-19)22-13-11-18(16-24-22)15-23(2,3)4;/h6-8,11-12,14-16,18-19,23H,4-5,9-10,17H2,1-3H3;5-11,13-14,16H,15H2,1-4H3;/q2*-1;/i1D3,2D3,3D3,17D2;1D3,15D2;. The second-order valence-corrected chi connectivity index (χ2v) is 15.7. The molecule has 3 heterocycles. The van der Waals surface area contributed by atoms with Gasteiger partial charge >= 0.3 is 0 Å². The van der Waals surface area contributed by atoms with E-state index in [4.69, 9.17) is 26.3 Å². The maximum absolute atomic E-state index is 8.84. The van der Waals surface area contributed by atoms with Crippen molar-refractivity contribution in [2.24, 2.45) is 11.3 Å². The van der Waals surface area contributed by atoms with Crippen LogP contribution in [0.25, 0.3) is 66.7 Å². The summed E-state index contributed by atoms with van der Waals surface area (Å²) in [5, 5.41) is 1.21. The molecule has 9 rings (SSSR count). The van der Waals surface area contributed by atoms with Crippen molar-refractivity contribution in [2.45, 2.75) is 86.6 Å². The number of rotatable bonds is 7. The third kappa shape index (κ3) is 9.51. The number of hydrogen-bond acceptors (Lipinski definition) is 3. The summed E-state index contributed by atoms with van der Waals surface area (Å²) in [6.45, 7) is -4.43. The molecule has 0 saturated heterocycles. The summed E-state index contributed by atoms with van der Waals surface area (Å²) >= 11 is 0. The fourth-order valence-corrected chi connectivity index (χ4v) is 7.50. The zero-order valence-electron chi connectivity index (χ0n) is 49.1. The fraction of sp³-hybridized carbons (Fsp3) is 0.273. The van der Waals surface area contributed by atoms with Crippen LogP contribution in [0.15, 0.2) is 126 Å². The Kier molecular flexibility index (Phi) is 7.97. The number of hydrogen-bond donors (Lipinski definition) is 0. The van der Waals surface area contributed by atoms with Gasteiger partial charge in [0.15, 0.2) is 0 Å². The van der Waals surface area contributed by atoms with Crippen LogP contribution in [0, 0.1) is 50.9 Å². The van der Waals surface area contributed by atoms with Crippen molar-refractivity contribution in [2.75, 3.05) is 0 Å². The maximum atomic E-state index is 8.84. The third-order valence-corrected chi connectivity index (χ3v) is 10.2. The molecule has 3 nitrogen and oxygen atoms in total. The van der Waals surface area contributed by atoms with E-state index in [2.05, 4.69) is 22.1 Å². The second-order valence-electron chi connectivity index (χ2n) is 15.7. The molecular formula is C55H54IrN2O-2. The van der Waals surface area contributed by atoms with Crippen LogP contribution in [-0.2, 0) is 32.9 Å². The van der Waals surface area contributed by atoms with Gasteiger partial charge in [0.25, 0.3) is 0 Å². The predicted octanol–water partition coefficient (Wildman–Crippen LogP) is 14.9. The number of nitrogens with zero attached hydrogens (tertiary/aromatic N) is 2. The summed E-state index contributed by atoms with van der Waals surface area (Å²) in [6, 6.07) is 36.5.